The number of nitrogens with zero attached hydrogens (tertiary/aromatic N) is 3. The lowest BCUT2D eigenvalue weighted by Crippen LogP contribution is -2.20. The van der Waals surface area contributed by atoms with E-state index in [2.05, 4.69) is 20.7 Å². The Morgan fingerprint density at radius 2 is 1.81 bits per heavy atom. The third kappa shape index (κ3) is 4.29. The Hall–Kier alpha value is -3.55. The van der Waals surface area contributed by atoms with Gasteiger partial charge in [-0.15, -0.1) is 5.10 Å². The first kappa shape index (κ1) is 17.3. The minimum absolute atomic E-state index is 0.0780. The lowest BCUT2D eigenvalue weighted by atomic mass is 10.1. The van der Waals surface area contributed by atoms with Crippen LogP contribution in [0.2, 0.25) is 0 Å². The van der Waals surface area contributed by atoms with Crippen molar-refractivity contribution in [2.45, 2.75) is 13.5 Å². The van der Waals surface area contributed by atoms with Crippen LogP contribution in [0.15, 0.2) is 54.9 Å². The first-order valence-corrected chi connectivity index (χ1v) is 7.83. The van der Waals surface area contributed by atoms with Gasteiger partial charge in [-0.2, -0.15) is 0 Å². The van der Waals surface area contributed by atoms with Gasteiger partial charge < -0.3 is 5.32 Å². The summed E-state index contributed by atoms with van der Waals surface area (Å²) < 4.78 is 14.8. The first-order valence-electron chi connectivity index (χ1n) is 7.83. The Kier molecular flexibility index (Phi) is 5.02. The van der Waals surface area contributed by atoms with E-state index in [1.807, 2.05) is 19.1 Å². The molecule has 2 N–H and O–H groups in total. The molecule has 0 unspecified atom stereocenters. The highest BCUT2D eigenvalue weighted by Crippen LogP contribution is 2.12. The van der Waals surface area contributed by atoms with Gasteiger partial charge in [-0.05, 0) is 31.2 Å². The number of anilines is 2. The Bertz CT molecular complexity index is 937. The lowest BCUT2D eigenvalue weighted by Gasteiger charge is -2.05. The molecule has 0 aliphatic rings. The van der Waals surface area contributed by atoms with E-state index in [1.54, 1.807) is 18.2 Å². The molecule has 8 heteroatoms. The summed E-state index contributed by atoms with van der Waals surface area (Å²) in [5.41, 5.74) is 1.61. The molecule has 7 nitrogen and oxygen atoms in total. The average molecular weight is 353 g/mol. The molecule has 0 radical (unpaired) electrons. The molecule has 2 aromatic carbocycles. The van der Waals surface area contributed by atoms with E-state index in [9.17, 15) is 14.0 Å². The van der Waals surface area contributed by atoms with Crippen LogP contribution in [-0.4, -0.2) is 26.6 Å². The number of nitrogens with one attached hydrogen (secondary N) is 2. The van der Waals surface area contributed by atoms with E-state index in [4.69, 9.17) is 0 Å². The van der Waals surface area contributed by atoms with Crippen LogP contribution in [-0.2, 0) is 11.3 Å². The summed E-state index contributed by atoms with van der Waals surface area (Å²) in [6.45, 7) is 1.76. The quantitative estimate of drug-likeness (QED) is 0.738. The van der Waals surface area contributed by atoms with E-state index in [-0.39, 0.29) is 24.1 Å². The Balaban J connectivity index is 1.59. The number of aryl methyl sites for hydroxylation is 1. The van der Waals surface area contributed by atoms with E-state index >= 15 is 0 Å². The SMILES string of the molecule is Cc1ccc(C(=O)Nc2ncn(CC(=O)Nc3ccccc3F)n2)cc1. The number of rotatable bonds is 5. The molecule has 2 amide bonds. The number of hydrogen-bond donors (Lipinski definition) is 2. The maximum atomic E-state index is 13.5. The summed E-state index contributed by atoms with van der Waals surface area (Å²) in [5.74, 6) is -1.25. The number of benzene rings is 2. The van der Waals surface area contributed by atoms with Gasteiger partial charge in [-0.1, -0.05) is 29.8 Å². The number of carbonyl (C=O) groups is 2. The minimum atomic E-state index is -0.523. The van der Waals surface area contributed by atoms with Crippen LogP contribution in [0.1, 0.15) is 15.9 Å². The van der Waals surface area contributed by atoms with Crippen molar-refractivity contribution in [2.24, 2.45) is 0 Å². The van der Waals surface area contributed by atoms with Crippen molar-refractivity contribution in [3.8, 4) is 0 Å². The molecule has 0 aliphatic heterocycles. The number of aromatic nitrogens is 3. The number of hydrogen-bond acceptors (Lipinski definition) is 4. The molecule has 0 fully saturated rings. The first-order chi connectivity index (χ1) is 12.5. The van der Waals surface area contributed by atoms with Crippen molar-refractivity contribution < 1.29 is 14.0 Å². The maximum absolute atomic E-state index is 13.5. The van der Waals surface area contributed by atoms with E-state index in [0.29, 0.717) is 5.56 Å². The highest BCUT2D eigenvalue weighted by atomic mass is 19.1. The normalized spacial score (nSPS) is 10.4. The molecule has 132 valence electrons. The van der Waals surface area contributed by atoms with Gasteiger partial charge in [0.25, 0.3) is 5.91 Å². The molecule has 0 bridgehead atoms. The molecular weight excluding hydrogens is 337 g/mol. The molecule has 0 saturated heterocycles. The smallest absolute Gasteiger partial charge is 0.258 e. The molecule has 3 rings (SSSR count). The zero-order valence-electron chi connectivity index (χ0n) is 13.9. The van der Waals surface area contributed by atoms with Crippen LogP contribution in [0, 0.1) is 12.7 Å². The number of halogens is 1. The summed E-state index contributed by atoms with van der Waals surface area (Å²) in [6.07, 6.45) is 1.31. The van der Waals surface area contributed by atoms with Gasteiger partial charge in [0.15, 0.2) is 0 Å². The van der Waals surface area contributed by atoms with Crippen LogP contribution >= 0.6 is 0 Å². The summed E-state index contributed by atoms with van der Waals surface area (Å²) in [7, 11) is 0. The maximum Gasteiger partial charge on any atom is 0.258 e. The van der Waals surface area contributed by atoms with Crippen LogP contribution in [0.3, 0.4) is 0 Å². The van der Waals surface area contributed by atoms with Crippen LogP contribution in [0.4, 0.5) is 16.0 Å². The largest absolute Gasteiger partial charge is 0.322 e. The third-order valence-electron chi connectivity index (χ3n) is 3.53. The zero-order chi connectivity index (χ0) is 18.5. The fourth-order valence-electron chi connectivity index (χ4n) is 2.21. The van der Waals surface area contributed by atoms with E-state index in [0.717, 1.165) is 5.56 Å². The standard InChI is InChI=1S/C18H16FN5O2/c1-12-6-8-13(9-7-12)17(26)22-18-20-11-24(23-18)10-16(25)21-15-5-3-2-4-14(15)19/h2-9,11H,10H2,1H3,(H,21,25)(H,22,23,26). The molecule has 0 spiro atoms. The van der Waals surface area contributed by atoms with Crippen LogP contribution in [0.5, 0.6) is 0 Å². The summed E-state index contributed by atoms with van der Waals surface area (Å²) in [6, 6.07) is 12.9. The Labute approximate surface area is 148 Å². The van der Waals surface area contributed by atoms with Crippen molar-refractivity contribution in [3.63, 3.8) is 0 Å². The molecule has 0 atom stereocenters. The van der Waals surface area contributed by atoms with E-state index in [1.165, 1.54) is 29.2 Å². The molecule has 3 aromatic rings. The highest BCUT2D eigenvalue weighted by Gasteiger charge is 2.11. The molecule has 1 heterocycles. The van der Waals surface area contributed by atoms with Gasteiger partial charge in [0.05, 0.1) is 5.69 Å². The van der Waals surface area contributed by atoms with Crippen molar-refractivity contribution >= 4 is 23.5 Å². The van der Waals surface area contributed by atoms with Crippen molar-refractivity contribution in [2.75, 3.05) is 10.6 Å². The monoisotopic (exact) mass is 353 g/mol. The average Bonchev–Trinajstić information content (AvgIpc) is 3.04. The van der Waals surface area contributed by atoms with Gasteiger partial charge in [0.2, 0.25) is 11.9 Å². The topological polar surface area (TPSA) is 88.9 Å². The predicted octanol–water partition coefficient (Wildman–Crippen LogP) is 2.62. The molecule has 1 aromatic heterocycles. The second kappa shape index (κ2) is 7.56. The second-order valence-corrected chi connectivity index (χ2v) is 5.61. The lowest BCUT2D eigenvalue weighted by molar-refractivity contribution is -0.116. The number of para-hydroxylation sites is 1. The molecular formula is C18H16FN5O2. The predicted molar refractivity (Wildman–Crippen MR) is 94.2 cm³/mol. The van der Waals surface area contributed by atoms with Crippen LogP contribution in [0.25, 0.3) is 0 Å². The molecule has 0 saturated carbocycles. The van der Waals surface area contributed by atoms with Crippen molar-refractivity contribution in [1.29, 1.82) is 0 Å². The fraction of sp³-hybridized carbons (Fsp3) is 0.111. The second-order valence-electron chi connectivity index (χ2n) is 5.61. The summed E-state index contributed by atoms with van der Waals surface area (Å²) in [4.78, 5) is 28.0. The minimum Gasteiger partial charge on any atom is -0.322 e. The van der Waals surface area contributed by atoms with Gasteiger partial charge in [0, 0.05) is 5.56 Å². The van der Waals surface area contributed by atoms with Gasteiger partial charge in [-0.25, -0.2) is 14.1 Å². The van der Waals surface area contributed by atoms with Gasteiger partial charge in [-0.3, -0.25) is 14.9 Å². The molecule has 26 heavy (non-hydrogen) atoms. The summed E-state index contributed by atoms with van der Waals surface area (Å²) in [5, 5.41) is 9.02. The van der Waals surface area contributed by atoms with Crippen LogP contribution < -0.4 is 10.6 Å². The van der Waals surface area contributed by atoms with E-state index < -0.39 is 11.7 Å². The van der Waals surface area contributed by atoms with Gasteiger partial charge >= 0.3 is 0 Å². The third-order valence-corrected chi connectivity index (χ3v) is 3.53. The molecule has 0 aliphatic carbocycles. The zero-order valence-corrected chi connectivity index (χ0v) is 13.9. The number of amides is 2. The fourth-order valence-corrected chi connectivity index (χ4v) is 2.21. The van der Waals surface area contributed by atoms with Gasteiger partial charge in [0.1, 0.15) is 18.7 Å². The van der Waals surface area contributed by atoms with Crippen molar-refractivity contribution in [3.05, 3.63) is 71.8 Å². The van der Waals surface area contributed by atoms with Crippen molar-refractivity contribution in [1.82, 2.24) is 14.8 Å². The summed E-state index contributed by atoms with van der Waals surface area (Å²) >= 11 is 0. The Morgan fingerprint density at radius 3 is 2.54 bits per heavy atom. The Morgan fingerprint density at radius 1 is 1.08 bits per heavy atom. The highest BCUT2D eigenvalue weighted by molar-refractivity contribution is 6.03. The number of carbonyl (C=O) groups excluding carboxylic acids is 2.